The van der Waals surface area contributed by atoms with Gasteiger partial charge < -0.3 is 5.32 Å². The van der Waals surface area contributed by atoms with Crippen LogP contribution in [0.1, 0.15) is 55.8 Å². The van der Waals surface area contributed by atoms with Gasteiger partial charge in [-0.15, -0.1) is 0 Å². The van der Waals surface area contributed by atoms with Crippen molar-refractivity contribution in [2.45, 2.75) is 54.4 Å². The molecule has 1 aliphatic heterocycles. The van der Waals surface area contributed by atoms with E-state index < -0.39 is 0 Å². The molecule has 1 N–H and O–H groups in total. The van der Waals surface area contributed by atoms with Crippen LogP contribution in [0.4, 0.5) is 0 Å². The van der Waals surface area contributed by atoms with Crippen molar-refractivity contribution in [3.63, 3.8) is 0 Å². The molecule has 0 bridgehead atoms. The molecule has 0 aromatic heterocycles. The van der Waals surface area contributed by atoms with Gasteiger partial charge in [-0.3, -0.25) is 0 Å². The number of piperidine rings is 1. The second kappa shape index (κ2) is 9.05. The summed E-state index contributed by atoms with van der Waals surface area (Å²) in [5.74, 6) is 0. The Bertz CT molecular complexity index is 74.2. The van der Waals surface area contributed by atoms with E-state index in [0.29, 0.717) is 5.41 Å². The maximum atomic E-state index is 3.34. The minimum atomic E-state index is 0. The van der Waals surface area contributed by atoms with E-state index >= 15 is 0 Å². The fraction of sp³-hybridized carbons (Fsp3) is 1.00. The monoisotopic (exact) mass is 175 g/mol. The summed E-state index contributed by atoms with van der Waals surface area (Å²) in [4.78, 5) is 0. The fourth-order valence-corrected chi connectivity index (χ4v) is 1.10. The van der Waals surface area contributed by atoms with Crippen molar-refractivity contribution in [1.29, 1.82) is 0 Å². The van der Waals surface area contributed by atoms with Crippen LogP contribution in [0.15, 0.2) is 0 Å². The zero-order valence-corrected chi connectivity index (χ0v) is 9.83. The lowest BCUT2D eigenvalue weighted by atomic mass is 9.83. The third kappa shape index (κ3) is 8.06. The molecular weight excluding hydrogens is 146 g/mol. The van der Waals surface area contributed by atoms with Crippen molar-refractivity contribution in [3.05, 3.63) is 0 Å². The highest BCUT2D eigenvalue weighted by atomic mass is 14.9. The van der Waals surface area contributed by atoms with E-state index in [1.165, 1.54) is 25.9 Å². The molecule has 1 heteroatoms. The molecule has 0 saturated carbocycles. The van der Waals surface area contributed by atoms with Gasteiger partial charge >= 0.3 is 0 Å². The highest BCUT2D eigenvalue weighted by molar-refractivity contribution is 4.75. The highest BCUT2D eigenvalue weighted by Crippen LogP contribution is 2.25. The molecule has 12 heavy (non-hydrogen) atoms. The lowest BCUT2D eigenvalue weighted by Crippen LogP contribution is -2.32. The van der Waals surface area contributed by atoms with Gasteiger partial charge in [-0.25, -0.2) is 0 Å². The first-order valence-electron chi connectivity index (χ1n) is 5.41. The molecule has 1 fully saturated rings. The van der Waals surface area contributed by atoms with E-state index in [-0.39, 0.29) is 1.43 Å². The maximum absolute atomic E-state index is 3.34. The SMILES string of the molecule is CC.CC.CC1(C)CCNCC1.[HH]. The summed E-state index contributed by atoms with van der Waals surface area (Å²) in [5, 5.41) is 3.34. The second-order valence-corrected chi connectivity index (χ2v) is 3.41. The van der Waals surface area contributed by atoms with E-state index in [4.69, 9.17) is 0 Å². The van der Waals surface area contributed by atoms with Crippen LogP contribution >= 0.6 is 0 Å². The summed E-state index contributed by atoms with van der Waals surface area (Å²) in [7, 11) is 0. The average molecular weight is 175 g/mol. The van der Waals surface area contributed by atoms with Gasteiger partial charge in [0.05, 0.1) is 0 Å². The molecule has 0 aliphatic carbocycles. The maximum Gasteiger partial charge on any atom is 0 e. The van der Waals surface area contributed by atoms with Crippen LogP contribution in [0.5, 0.6) is 0 Å². The Morgan fingerprint density at radius 2 is 1.25 bits per heavy atom. The van der Waals surface area contributed by atoms with Crippen LogP contribution in [0.2, 0.25) is 0 Å². The molecule has 1 heterocycles. The molecule has 0 atom stereocenters. The lowest BCUT2D eigenvalue weighted by Gasteiger charge is -2.29. The molecule has 78 valence electrons. The van der Waals surface area contributed by atoms with Gasteiger partial charge in [0.15, 0.2) is 0 Å². The quantitative estimate of drug-likeness (QED) is 0.592. The second-order valence-electron chi connectivity index (χ2n) is 3.41. The molecule has 0 amide bonds. The van der Waals surface area contributed by atoms with Gasteiger partial charge in [-0.05, 0) is 31.3 Å². The third-order valence-corrected chi connectivity index (χ3v) is 1.96. The van der Waals surface area contributed by atoms with Crippen molar-refractivity contribution >= 4 is 0 Å². The van der Waals surface area contributed by atoms with E-state index in [2.05, 4.69) is 19.2 Å². The standard InChI is InChI=1S/C7H15N.2C2H6.H2/c1-7(2)3-5-8-6-4-7;2*1-2;/h8H,3-6H2,1-2H3;2*1-2H3;1H. The molecule has 1 rings (SSSR count). The Labute approximate surface area is 80.4 Å². The van der Waals surface area contributed by atoms with E-state index in [1.54, 1.807) is 0 Å². The molecule has 0 aromatic rings. The first-order chi connectivity index (χ1) is 5.71. The Hall–Kier alpha value is -0.0400. The van der Waals surface area contributed by atoms with Gasteiger partial charge in [0.2, 0.25) is 0 Å². The van der Waals surface area contributed by atoms with Crippen LogP contribution in [0.3, 0.4) is 0 Å². The van der Waals surface area contributed by atoms with E-state index in [9.17, 15) is 0 Å². The molecular formula is C11H29N. The third-order valence-electron chi connectivity index (χ3n) is 1.96. The Balaban J connectivity index is -0.000000178. The van der Waals surface area contributed by atoms with Crippen molar-refractivity contribution in [2.75, 3.05) is 13.1 Å². The first-order valence-corrected chi connectivity index (χ1v) is 5.41. The number of nitrogens with one attached hydrogen (secondary N) is 1. The van der Waals surface area contributed by atoms with Crippen molar-refractivity contribution in [2.24, 2.45) is 5.41 Å². The van der Waals surface area contributed by atoms with Crippen molar-refractivity contribution in [1.82, 2.24) is 5.32 Å². The van der Waals surface area contributed by atoms with Gasteiger partial charge in [-0.1, -0.05) is 41.5 Å². The van der Waals surface area contributed by atoms with Crippen LogP contribution in [0, 0.1) is 5.41 Å². The largest absolute Gasteiger partial charge is 0.317 e. The lowest BCUT2D eigenvalue weighted by molar-refractivity contribution is 0.259. The molecule has 0 unspecified atom stereocenters. The molecule has 1 aliphatic rings. The van der Waals surface area contributed by atoms with Gasteiger partial charge in [-0.2, -0.15) is 0 Å². The summed E-state index contributed by atoms with van der Waals surface area (Å²) in [6.45, 7) is 15.1. The molecule has 1 nitrogen and oxygen atoms in total. The smallest absolute Gasteiger partial charge is 0 e. The fourth-order valence-electron chi connectivity index (χ4n) is 1.10. The molecule has 1 saturated heterocycles. The van der Waals surface area contributed by atoms with Gasteiger partial charge in [0.1, 0.15) is 0 Å². The van der Waals surface area contributed by atoms with Crippen LogP contribution in [-0.4, -0.2) is 13.1 Å². The summed E-state index contributed by atoms with van der Waals surface area (Å²) in [5.41, 5.74) is 0.616. The number of hydrogen-bond acceptors (Lipinski definition) is 1. The van der Waals surface area contributed by atoms with Crippen molar-refractivity contribution in [3.8, 4) is 0 Å². The van der Waals surface area contributed by atoms with Crippen LogP contribution in [-0.2, 0) is 0 Å². The average Bonchev–Trinajstić information content (AvgIpc) is 2.11. The van der Waals surface area contributed by atoms with Crippen LogP contribution in [0.25, 0.3) is 0 Å². The van der Waals surface area contributed by atoms with E-state index in [0.717, 1.165) is 0 Å². The van der Waals surface area contributed by atoms with E-state index in [1.807, 2.05) is 27.7 Å². The zero-order valence-electron chi connectivity index (χ0n) is 9.83. The Morgan fingerprint density at radius 3 is 1.42 bits per heavy atom. The number of hydrogen-bond donors (Lipinski definition) is 1. The first kappa shape index (κ1) is 14.5. The minimum absolute atomic E-state index is 0. The van der Waals surface area contributed by atoms with Gasteiger partial charge in [0.25, 0.3) is 0 Å². The van der Waals surface area contributed by atoms with Crippen molar-refractivity contribution < 1.29 is 1.43 Å². The predicted octanol–water partition coefficient (Wildman–Crippen LogP) is 3.69. The Morgan fingerprint density at radius 1 is 0.917 bits per heavy atom. The Kier molecular flexibility index (Phi) is 10.9. The summed E-state index contributed by atoms with van der Waals surface area (Å²) in [6.07, 6.45) is 2.68. The summed E-state index contributed by atoms with van der Waals surface area (Å²) >= 11 is 0. The molecule has 0 spiro atoms. The topological polar surface area (TPSA) is 12.0 Å². The minimum Gasteiger partial charge on any atom is -0.317 e. The number of rotatable bonds is 0. The normalized spacial score (nSPS) is 19.5. The molecule has 0 radical (unpaired) electrons. The summed E-state index contributed by atoms with van der Waals surface area (Å²) < 4.78 is 0. The van der Waals surface area contributed by atoms with Crippen LogP contribution < -0.4 is 5.32 Å². The molecule has 0 aromatic carbocycles. The predicted molar refractivity (Wildman–Crippen MR) is 60.7 cm³/mol. The summed E-state index contributed by atoms with van der Waals surface area (Å²) in [6, 6.07) is 0. The zero-order chi connectivity index (χ0) is 10.0. The van der Waals surface area contributed by atoms with Gasteiger partial charge in [0, 0.05) is 1.43 Å². The highest BCUT2D eigenvalue weighted by Gasteiger charge is 2.19.